The minimum Gasteiger partial charge on any atom is -0.457 e. The van der Waals surface area contributed by atoms with E-state index >= 15 is 0 Å². The molecule has 6 nitrogen and oxygen atoms in total. The molecule has 0 aliphatic heterocycles. The first-order valence-corrected chi connectivity index (χ1v) is 8.38. The number of ether oxygens (including phenoxy) is 2. The first-order chi connectivity index (χ1) is 13.7. The summed E-state index contributed by atoms with van der Waals surface area (Å²) in [5.74, 6) is 0.163. The van der Waals surface area contributed by atoms with Crippen molar-refractivity contribution >= 4 is 17.4 Å². The van der Waals surface area contributed by atoms with Crippen LogP contribution < -0.4 is 20.5 Å². The Labute approximate surface area is 164 Å². The van der Waals surface area contributed by atoms with Gasteiger partial charge in [-0.15, -0.1) is 13.2 Å². The molecule has 0 aliphatic carbocycles. The van der Waals surface area contributed by atoms with E-state index in [0.717, 1.165) is 12.1 Å². The van der Waals surface area contributed by atoms with Crippen molar-refractivity contribution in [2.24, 2.45) is 0 Å². The molecular formula is C20H16F3N3O3. The van der Waals surface area contributed by atoms with Crippen LogP contribution in [0.5, 0.6) is 17.2 Å². The van der Waals surface area contributed by atoms with Crippen LogP contribution in [0.25, 0.3) is 0 Å². The minimum absolute atomic E-state index is 0.139. The molecule has 0 bridgehead atoms. The second-order valence-corrected chi connectivity index (χ2v) is 5.99. The van der Waals surface area contributed by atoms with Gasteiger partial charge in [-0.3, -0.25) is 4.79 Å². The predicted octanol–water partition coefficient (Wildman–Crippen LogP) is 4.92. The third kappa shape index (κ3) is 5.61. The normalized spacial score (nSPS) is 11.0. The van der Waals surface area contributed by atoms with Gasteiger partial charge >= 0.3 is 6.36 Å². The van der Waals surface area contributed by atoms with E-state index in [1.807, 2.05) is 0 Å². The number of alkyl halides is 3. The van der Waals surface area contributed by atoms with E-state index < -0.39 is 12.3 Å². The van der Waals surface area contributed by atoms with Crippen LogP contribution in [-0.2, 0) is 0 Å². The molecule has 0 unspecified atom stereocenters. The summed E-state index contributed by atoms with van der Waals surface area (Å²) in [5.41, 5.74) is 7.25. The van der Waals surface area contributed by atoms with Crippen molar-refractivity contribution in [3.8, 4) is 17.2 Å². The molecule has 0 saturated heterocycles. The van der Waals surface area contributed by atoms with Crippen LogP contribution in [0, 0.1) is 6.92 Å². The molecule has 1 heterocycles. The molecular weight excluding hydrogens is 387 g/mol. The summed E-state index contributed by atoms with van der Waals surface area (Å²) in [4.78, 5) is 16.3. The average Bonchev–Trinajstić information content (AvgIpc) is 2.63. The van der Waals surface area contributed by atoms with Crippen molar-refractivity contribution < 1.29 is 27.4 Å². The van der Waals surface area contributed by atoms with E-state index in [4.69, 9.17) is 10.5 Å². The molecule has 0 aliphatic rings. The van der Waals surface area contributed by atoms with Crippen LogP contribution in [-0.4, -0.2) is 17.3 Å². The number of hydrogen-bond donors (Lipinski definition) is 2. The Bertz CT molecular complexity index is 1000. The summed E-state index contributed by atoms with van der Waals surface area (Å²) in [6.07, 6.45) is -4.75. The number of pyridine rings is 1. The summed E-state index contributed by atoms with van der Waals surface area (Å²) in [7, 11) is 0. The highest BCUT2D eigenvalue weighted by Gasteiger charge is 2.30. The van der Waals surface area contributed by atoms with Crippen LogP contribution in [0.1, 0.15) is 16.1 Å². The van der Waals surface area contributed by atoms with Gasteiger partial charge in [0.15, 0.2) is 0 Å². The number of rotatable bonds is 5. The lowest BCUT2D eigenvalue weighted by molar-refractivity contribution is -0.274. The Morgan fingerprint density at radius 3 is 2.03 bits per heavy atom. The van der Waals surface area contributed by atoms with Crippen molar-refractivity contribution in [2.75, 3.05) is 11.1 Å². The van der Waals surface area contributed by atoms with Crippen LogP contribution in [0.4, 0.5) is 24.7 Å². The lowest BCUT2D eigenvalue weighted by Crippen LogP contribution is -2.16. The molecule has 0 radical (unpaired) electrons. The smallest absolute Gasteiger partial charge is 0.457 e. The van der Waals surface area contributed by atoms with E-state index in [-0.39, 0.29) is 17.1 Å². The average molecular weight is 403 g/mol. The molecule has 0 spiro atoms. The van der Waals surface area contributed by atoms with E-state index in [9.17, 15) is 18.0 Å². The fourth-order valence-electron chi connectivity index (χ4n) is 2.42. The quantitative estimate of drug-likeness (QED) is 0.632. The largest absolute Gasteiger partial charge is 0.573 e. The first-order valence-electron chi connectivity index (χ1n) is 8.38. The fourth-order valence-corrected chi connectivity index (χ4v) is 2.42. The Hall–Kier alpha value is -3.75. The first kappa shape index (κ1) is 20.0. The van der Waals surface area contributed by atoms with Gasteiger partial charge in [0, 0.05) is 11.4 Å². The van der Waals surface area contributed by atoms with Crippen molar-refractivity contribution in [1.82, 2.24) is 4.98 Å². The molecule has 0 saturated carbocycles. The molecule has 2 aromatic carbocycles. The van der Waals surface area contributed by atoms with E-state index in [1.165, 1.54) is 12.1 Å². The Morgan fingerprint density at radius 2 is 1.48 bits per heavy atom. The number of benzene rings is 2. The van der Waals surface area contributed by atoms with Gasteiger partial charge in [0.2, 0.25) is 0 Å². The standard InChI is InChI=1S/C20H16F3N3O3/c1-12-2-11-17(18(24)25-12)19(27)26-13-3-5-14(6-4-13)28-15-7-9-16(10-8-15)29-20(21,22)23/h2-11H,1H3,(H2,24,25)(H,26,27). The molecule has 0 fully saturated rings. The number of nitrogens with two attached hydrogens (primary N) is 1. The van der Waals surface area contributed by atoms with Crippen molar-refractivity contribution in [3.05, 3.63) is 71.9 Å². The number of aromatic nitrogens is 1. The molecule has 1 aromatic heterocycles. The van der Waals surface area contributed by atoms with Gasteiger partial charge in [-0.1, -0.05) is 0 Å². The summed E-state index contributed by atoms with van der Waals surface area (Å²) in [5, 5.41) is 2.70. The van der Waals surface area contributed by atoms with Gasteiger partial charge in [-0.05, 0) is 67.6 Å². The Balaban J connectivity index is 1.62. The number of nitrogens with zero attached hydrogens (tertiary/aromatic N) is 1. The number of amides is 1. The zero-order valence-electron chi connectivity index (χ0n) is 15.2. The second-order valence-electron chi connectivity index (χ2n) is 5.99. The Morgan fingerprint density at radius 1 is 0.931 bits per heavy atom. The third-order valence-electron chi connectivity index (χ3n) is 3.71. The molecule has 3 aromatic rings. The summed E-state index contributed by atoms with van der Waals surface area (Å²) >= 11 is 0. The topological polar surface area (TPSA) is 86.5 Å². The van der Waals surface area contributed by atoms with E-state index in [1.54, 1.807) is 43.3 Å². The minimum atomic E-state index is -4.75. The van der Waals surface area contributed by atoms with Crippen molar-refractivity contribution in [2.45, 2.75) is 13.3 Å². The van der Waals surface area contributed by atoms with Gasteiger partial charge in [-0.2, -0.15) is 0 Å². The molecule has 3 rings (SSSR count). The van der Waals surface area contributed by atoms with Crippen molar-refractivity contribution in [3.63, 3.8) is 0 Å². The molecule has 3 N–H and O–H groups in total. The van der Waals surface area contributed by atoms with Crippen LogP contribution in [0.3, 0.4) is 0 Å². The molecule has 9 heteroatoms. The van der Waals surface area contributed by atoms with Gasteiger partial charge < -0.3 is 20.5 Å². The van der Waals surface area contributed by atoms with Crippen LogP contribution >= 0.6 is 0 Å². The SMILES string of the molecule is Cc1ccc(C(=O)Nc2ccc(Oc3ccc(OC(F)(F)F)cc3)cc2)c(N)n1. The van der Waals surface area contributed by atoms with Crippen LogP contribution in [0.15, 0.2) is 60.7 Å². The highest BCUT2D eigenvalue weighted by Crippen LogP contribution is 2.28. The number of carbonyl (C=O) groups is 1. The van der Waals surface area contributed by atoms with Crippen molar-refractivity contribution in [1.29, 1.82) is 0 Å². The molecule has 29 heavy (non-hydrogen) atoms. The lowest BCUT2D eigenvalue weighted by atomic mass is 10.2. The monoisotopic (exact) mass is 403 g/mol. The summed E-state index contributed by atoms with van der Waals surface area (Å²) in [6, 6.07) is 14.7. The zero-order valence-corrected chi connectivity index (χ0v) is 15.2. The number of nitrogen functional groups attached to an aromatic ring is 1. The Kier molecular flexibility index (Phi) is 5.58. The van der Waals surface area contributed by atoms with Gasteiger partial charge in [0.05, 0.1) is 5.56 Å². The number of aryl methyl sites for hydroxylation is 1. The number of hydrogen-bond acceptors (Lipinski definition) is 5. The highest BCUT2D eigenvalue weighted by atomic mass is 19.4. The number of nitrogens with one attached hydrogen (secondary N) is 1. The third-order valence-corrected chi connectivity index (χ3v) is 3.71. The van der Waals surface area contributed by atoms with Crippen LogP contribution in [0.2, 0.25) is 0 Å². The maximum Gasteiger partial charge on any atom is 0.573 e. The predicted molar refractivity (Wildman–Crippen MR) is 101 cm³/mol. The number of halogens is 3. The second kappa shape index (κ2) is 8.09. The molecule has 0 atom stereocenters. The lowest BCUT2D eigenvalue weighted by Gasteiger charge is -2.11. The fraction of sp³-hybridized carbons (Fsp3) is 0.100. The highest BCUT2D eigenvalue weighted by molar-refractivity contribution is 6.07. The molecule has 1 amide bonds. The van der Waals surface area contributed by atoms with E-state index in [2.05, 4.69) is 15.0 Å². The van der Waals surface area contributed by atoms with Gasteiger partial charge in [0.1, 0.15) is 23.1 Å². The maximum absolute atomic E-state index is 12.3. The summed E-state index contributed by atoms with van der Waals surface area (Å²) < 4.78 is 45.9. The molecule has 150 valence electrons. The van der Waals surface area contributed by atoms with Gasteiger partial charge in [0.25, 0.3) is 5.91 Å². The number of carbonyl (C=O) groups excluding carboxylic acids is 1. The summed E-state index contributed by atoms with van der Waals surface area (Å²) in [6.45, 7) is 1.77. The van der Waals surface area contributed by atoms with E-state index in [0.29, 0.717) is 22.9 Å². The number of anilines is 2. The zero-order chi connectivity index (χ0) is 21.0. The van der Waals surface area contributed by atoms with Gasteiger partial charge in [-0.25, -0.2) is 4.98 Å². The maximum atomic E-state index is 12.3.